The number of nitrogens with zero attached hydrogens (tertiary/aromatic N) is 2. The Hall–Kier alpha value is -1.87. The van der Waals surface area contributed by atoms with E-state index in [1.807, 2.05) is 12.4 Å². The van der Waals surface area contributed by atoms with Gasteiger partial charge in [0.15, 0.2) is 0 Å². The molecule has 1 N–H and O–H groups in total. The Kier molecular flexibility index (Phi) is 3.68. The maximum atomic E-state index is 4.10. The van der Waals surface area contributed by atoms with Gasteiger partial charge in [-0.2, -0.15) is 0 Å². The molecule has 1 aliphatic heterocycles. The molecule has 2 aromatic rings. The number of pyridine rings is 1. The van der Waals surface area contributed by atoms with E-state index in [1.165, 1.54) is 28.8 Å². The summed E-state index contributed by atoms with van der Waals surface area (Å²) in [5.74, 6) is 0. The third kappa shape index (κ3) is 2.79. The fraction of sp³-hybridized carbons (Fsp3) is 0.389. The molecule has 1 aromatic heterocycles. The fourth-order valence-electron chi connectivity index (χ4n) is 3.00. The smallest absolute Gasteiger partial charge is 0.0379 e. The van der Waals surface area contributed by atoms with Gasteiger partial charge in [-0.15, -0.1) is 0 Å². The molecule has 0 amide bonds. The summed E-state index contributed by atoms with van der Waals surface area (Å²) in [6, 6.07) is 10.9. The molecule has 3 heteroatoms. The average molecular weight is 283 g/mol. The van der Waals surface area contributed by atoms with E-state index in [-0.39, 0.29) is 6.84 Å². The minimum atomic E-state index is 0. The van der Waals surface area contributed by atoms with Crippen molar-refractivity contribution in [1.29, 1.82) is 0 Å². The topological polar surface area (TPSA) is 28.2 Å². The minimum absolute atomic E-state index is 0. The van der Waals surface area contributed by atoms with Gasteiger partial charge in [-0.1, -0.05) is 13.0 Å². The van der Waals surface area contributed by atoms with Gasteiger partial charge >= 0.3 is 0 Å². The average Bonchev–Trinajstić information content (AvgIpc) is 2.84. The number of anilines is 1. The standard InChI is InChI=1S/C18H23N3.H2/c1-18(8-11-21(2)3)13-20-17-5-4-15(12-16(17)18)14-6-9-19-10-7-14;/h4-7,9-10,12,20H,8,11,13H2,1-3H3;1H. The lowest BCUT2D eigenvalue weighted by molar-refractivity contribution is 0.343. The second-order valence-corrected chi connectivity index (χ2v) is 6.46. The van der Waals surface area contributed by atoms with Crippen molar-refractivity contribution in [3.63, 3.8) is 0 Å². The van der Waals surface area contributed by atoms with E-state index in [9.17, 15) is 0 Å². The third-order valence-electron chi connectivity index (χ3n) is 4.46. The van der Waals surface area contributed by atoms with Gasteiger partial charge in [0.1, 0.15) is 0 Å². The molecule has 0 aliphatic carbocycles. The maximum absolute atomic E-state index is 4.10. The zero-order chi connectivity index (χ0) is 14.9. The number of benzene rings is 1. The maximum Gasteiger partial charge on any atom is 0.0379 e. The Bertz CT molecular complexity index is 627. The summed E-state index contributed by atoms with van der Waals surface area (Å²) < 4.78 is 0. The van der Waals surface area contributed by atoms with Gasteiger partial charge in [0.2, 0.25) is 0 Å². The Morgan fingerprint density at radius 3 is 2.67 bits per heavy atom. The van der Waals surface area contributed by atoms with Crippen LogP contribution in [-0.4, -0.2) is 37.1 Å². The quantitative estimate of drug-likeness (QED) is 0.928. The van der Waals surface area contributed by atoms with Crippen LogP contribution in [0.25, 0.3) is 11.1 Å². The molecule has 1 atom stereocenters. The van der Waals surface area contributed by atoms with Crippen LogP contribution in [0, 0.1) is 0 Å². The van der Waals surface area contributed by atoms with E-state index >= 15 is 0 Å². The number of hydrogen-bond acceptors (Lipinski definition) is 3. The largest absolute Gasteiger partial charge is 0.384 e. The normalized spacial score (nSPS) is 20.4. The van der Waals surface area contributed by atoms with Crippen molar-refractivity contribution in [3.05, 3.63) is 48.3 Å². The van der Waals surface area contributed by atoms with Gasteiger partial charge in [0.25, 0.3) is 0 Å². The Balaban J connectivity index is 0.00000176. The van der Waals surface area contributed by atoms with Crippen LogP contribution in [0.2, 0.25) is 0 Å². The van der Waals surface area contributed by atoms with Gasteiger partial charge in [-0.3, -0.25) is 4.98 Å². The van der Waals surface area contributed by atoms with Crippen LogP contribution in [0.4, 0.5) is 5.69 Å². The lowest BCUT2D eigenvalue weighted by atomic mass is 9.80. The van der Waals surface area contributed by atoms with Gasteiger partial charge in [0.05, 0.1) is 0 Å². The Morgan fingerprint density at radius 2 is 1.95 bits per heavy atom. The summed E-state index contributed by atoms with van der Waals surface area (Å²) in [5.41, 5.74) is 5.45. The van der Waals surface area contributed by atoms with E-state index in [0.717, 1.165) is 13.1 Å². The first-order valence-corrected chi connectivity index (χ1v) is 7.52. The molecule has 1 aliphatic rings. The van der Waals surface area contributed by atoms with Crippen molar-refractivity contribution in [2.45, 2.75) is 18.8 Å². The third-order valence-corrected chi connectivity index (χ3v) is 4.46. The van der Waals surface area contributed by atoms with E-state index in [1.54, 1.807) is 0 Å². The molecule has 3 nitrogen and oxygen atoms in total. The van der Waals surface area contributed by atoms with Crippen molar-refractivity contribution in [2.75, 3.05) is 32.5 Å². The molecule has 0 radical (unpaired) electrons. The number of nitrogens with one attached hydrogen (secondary N) is 1. The zero-order valence-electron chi connectivity index (χ0n) is 13.1. The molecular weight excluding hydrogens is 258 g/mol. The number of fused-ring (bicyclic) bond motifs is 1. The van der Waals surface area contributed by atoms with Crippen molar-refractivity contribution in [1.82, 2.24) is 9.88 Å². The molecule has 0 spiro atoms. The van der Waals surface area contributed by atoms with Crippen molar-refractivity contribution in [3.8, 4) is 11.1 Å². The van der Waals surface area contributed by atoms with Crippen LogP contribution in [0.15, 0.2) is 42.7 Å². The van der Waals surface area contributed by atoms with Crippen molar-refractivity contribution < 1.29 is 1.43 Å². The predicted octanol–water partition coefficient (Wildman–Crippen LogP) is 3.63. The fourth-order valence-corrected chi connectivity index (χ4v) is 3.00. The van der Waals surface area contributed by atoms with Gasteiger partial charge < -0.3 is 10.2 Å². The van der Waals surface area contributed by atoms with Crippen LogP contribution in [0.3, 0.4) is 0 Å². The molecule has 112 valence electrons. The van der Waals surface area contributed by atoms with Crippen LogP contribution < -0.4 is 5.32 Å². The minimum Gasteiger partial charge on any atom is -0.384 e. The second-order valence-electron chi connectivity index (χ2n) is 6.46. The van der Waals surface area contributed by atoms with Crippen LogP contribution in [-0.2, 0) is 5.41 Å². The highest BCUT2D eigenvalue weighted by Crippen LogP contribution is 2.41. The Labute approximate surface area is 128 Å². The Morgan fingerprint density at radius 1 is 1.19 bits per heavy atom. The number of aromatic nitrogens is 1. The van der Waals surface area contributed by atoms with Crippen LogP contribution >= 0.6 is 0 Å². The predicted molar refractivity (Wildman–Crippen MR) is 90.8 cm³/mol. The van der Waals surface area contributed by atoms with Crippen molar-refractivity contribution in [2.24, 2.45) is 0 Å². The first-order chi connectivity index (χ1) is 10.1. The molecule has 2 heterocycles. The summed E-state index contributed by atoms with van der Waals surface area (Å²) in [5, 5.41) is 3.56. The molecule has 0 bridgehead atoms. The summed E-state index contributed by atoms with van der Waals surface area (Å²) in [6.45, 7) is 4.50. The molecular formula is C18H25N3. The van der Waals surface area contributed by atoms with Crippen LogP contribution in [0.1, 0.15) is 20.3 Å². The van der Waals surface area contributed by atoms with Gasteiger partial charge in [-0.25, -0.2) is 0 Å². The molecule has 21 heavy (non-hydrogen) atoms. The van der Waals surface area contributed by atoms with Crippen molar-refractivity contribution >= 4 is 5.69 Å². The number of hydrogen-bond donors (Lipinski definition) is 1. The molecule has 0 saturated heterocycles. The summed E-state index contributed by atoms with van der Waals surface area (Å²) in [7, 11) is 4.28. The summed E-state index contributed by atoms with van der Waals surface area (Å²) >= 11 is 0. The van der Waals surface area contributed by atoms with E-state index < -0.39 is 0 Å². The first kappa shape index (κ1) is 14.1. The highest BCUT2D eigenvalue weighted by atomic mass is 15.1. The van der Waals surface area contributed by atoms with Crippen LogP contribution in [0.5, 0.6) is 0 Å². The SMILES string of the molecule is CN(C)CCC1(C)CNc2ccc(-c3ccncc3)cc21.[HH]. The summed E-state index contributed by atoms with van der Waals surface area (Å²) in [4.78, 5) is 6.36. The first-order valence-electron chi connectivity index (χ1n) is 7.52. The molecule has 0 fully saturated rings. The van der Waals surface area contributed by atoms with Gasteiger partial charge in [-0.05, 0) is 68.0 Å². The molecule has 1 unspecified atom stereocenters. The second kappa shape index (κ2) is 5.49. The number of rotatable bonds is 4. The highest BCUT2D eigenvalue weighted by Gasteiger charge is 2.34. The lowest BCUT2D eigenvalue weighted by Crippen LogP contribution is -2.29. The summed E-state index contributed by atoms with van der Waals surface area (Å²) in [6.07, 6.45) is 4.87. The molecule has 3 rings (SSSR count). The monoisotopic (exact) mass is 283 g/mol. The molecule has 1 aromatic carbocycles. The zero-order valence-corrected chi connectivity index (χ0v) is 13.1. The lowest BCUT2D eigenvalue weighted by Gasteiger charge is -2.26. The van der Waals surface area contributed by atoms with E-state index in [2.05, 4.69) is 66.6 Å². The van der Waals surface area contributed by atoms with Gasteiger partial charge in [0, 0.05) is 31.5 Å². The highest BCUT2D eigenvalue weighted by molar-refractivity contribution is 5.71. The molecule has 0 saturated carbocycles. The van der Waals surface area contributed by atoms with E-state index in [0.29, 0.717) is 0 Å². The van der Waals surface area contributed by atoms with E-state index in [4.69, 9.17) is 0 Å².